The van der Waals surface area contributed by atoms with E-state index in [0.29, 0.717) is 12.5 Å². The molecule has 0 radical (unpaired) electrons. The van der Waals surface area contributed by atoms with Gasteiger partial charge in [-0.05, 0) is 24.6 Å². The van der Waals surface area contributed by atoms with Gasteiger partial charge in [-0.2, -0.15) is 0 Å². The van der Waals surface area contributed by atoms with Crippen LogP contribution in [0.2, 0.25) is 0 Å². The Balaban J connectivity index is 1.29. The van der Waals surface area contributed by atoms with Crippen LogP contribution in [0.25, 0.3) is 11.0 Å². The summed E-state index contributed by atoms with van der Waals surface area (Å²) in [6.07, 6.45) is 0.229. The van der Waals surface area contributed by atoms with E-state index in [9.17, 15) is 9.59 Å². The third-order valence-corrected chi connectivity index (χ3v) is 4.97. The maximum absolute atomic E-state index is 12.5. The highest BCUT2D eigenvalue weighted by Gasteiger charge is 2.28. The van der Waals surface area contributed by atoms with E-state index in [1.165, 1.54) is 0 Å². The number of amides is 3. The SMILES string of the molecule is C[C@H](NC(=O)CCNC(=O)N1CCn2c1nc1ccccc12)c1ccccc1. The summed E-state index contributed by atoms with van der Waals surface area (Å²) >= 11 is 0. The molecule has 0 fully saturated rings. The summed E-state index contributed by atoms with van der Waals surface area (Å²) in [5.74, 6) is 0.561. The zero-order valence-corrected chi connectivity index (χ0v) is 15.8. The Hall–Kier alpha value is -3.35. The van der Waals surface area contributed by atoms with Gasteiger partial charge < -0.3 is 15.2 Å². The van der Waals surface area contributed by atoms with Crippen molar-refractivity contribution in [3.05, 3.63) is 60.2 Å². The molecule has 2 heterocycles. The zero-order valence-electron chi connectivity index (χ0n) is 15.8. The third kappa shape index (κ3) is 3.55. The van der Waals surface area contributed by atoms with E-state index >= 15 is 0 Å². The van der Waals surface area contributed by atoms with Crippen LogP contribution < -0.4 is 15.5 Å². The number of hydrogen-bond acceptors (Lipinski definition) is 3. The number of benzene rings is 2. The number of imidazole rings is 1. The van der Waals surface area contributed by atoms with Gasteiger partial charge in [-0.25, -0.2) is 9.78 Å². The van der Waals surface area contributed by atoms with Gasteiger partial charge in [0.2, 0.25) is 11.9 Å². The van der Waals surface area contributed by atoms with Crippen LogP contribution in [0, 0.1) is 0 Å². The molecule has 0 aliphatic carbocycles. The molecular formula is C21H23N5O2. The number of nitrogens with zero attached hydrogens (tertiary/aromatic N) is 3. The van der Waals surface area contributed by atoms with Crippen LogP contribution in [0.4, 0.5) is 10.7 Å². The lowest BCUT2D eigenvalue weighted by Crippen LogP contribution is -2.41. The van der Waals surface area contributed by atoms with E-state index in [-0.39, 0.29) is 30.9 Å². The average Bonchev–Trinajstić information content (AvgIpc) is 3.27. The summed E-state index contributed by atoms with van der Waals surface area (Å²) in [5.41, 5.74) is 2.96. The minimum atomic E-state index is -0.224. The normalized spacial score (nSPS) is 14.0. The van der Waals surface area contributed by atoms with E-state index in [4.69, 9.17) is 0 Å². The molecule has 7 nitrogen and oxygen atoms in total. The number of anilines is 1. The zero-order chi connectivity index (χ0) is 19.5. The minimum absolute atomic E-state index is 0.0668. The molecule has 1 aliphatic heterocycles. The van der Waals surface area contributed by atoms with Crippen molar-refractivity contribution in [3.8, 4) is 0 Å². The smallest absolute Gasteiger partial charge is 0.324 e. The summed E-state index contributed by atoms with van der Waals surface area (Å²) in [6, 6.07) is 17.3. The second-order valence-electron chi connectivity index (χ2n) is 6.89. The third-order valence-electron chi connectivity index (χ3n) is 4.97. The maximum Gasteiger partial charge on any atom is 0.324 e. The van der Waals surface area contributed by atoms with E-state index in [1.54, 1.807) is 4.90 Å². The molecule has 1 aliphatic rings. The Kier molecular flexibility index (Phi) is 4.97. The lowest BCUT2D eigenvalue weighted by molar-refractivity contribution is -0.121. The van der Waals surface area contributed by atoms with Crippen molar-refractivity contribution in [2.24, 2.45) is 0 Å². The quantitative estimate of drug-likeness (QED) is 0.718. The number of aromatic nitrogens is 2. The van der Waals surface area contributed by atoms with Gasteiger partial charge in [-0.3, -0.25) is 9.69 Å². The lowest BCUT2D eigenvalue weighted by atomic mass is 10.1. The standard InChI is InChI=1S/C21H23N5O2/c1-15(16-7-3-2-4-8-16)23-19(27)11-12-22-21(28)26-14-13-25-18-10-6-5-9-17(18)24-20(25)26/h2-10,15H,11-14H2,1H3,(H,22,28)(H,23,27)/t15-/m0/s1. The molecule has 7 heteroatoms. The van der Waals surface area contributed by atoms with Gasteiger partial charge in [0.05, 0.1) is 17.1 Å². The first-order valence-corrected chi connectivity index (χ1v) is 9.48. The second-order valence-corrected chi connectivity index (χ2v) is 6.89. The molecule has 0 saturated carbocycles. The molecular weight excluding hydrogens is 354 g/mol. The molecule has 0 bridgehead atoms. The Bertz CT molecular complexity index is 998. The first-order valence-electron chi connectivity index (χ1n) is 9.48. The highest BCUT2D eigenvalue weighted by molar-refractivity contribution is 5.94. The van der Waals surface area contributed by atoms with Crippen molar-refractivity contribution in [1.29, 1.82) is 0 Å². The Morgan fingerprint density at radius 3 is 2.64 bits per heavy atom. The molecule has 0 saturated heterocycles. The minimum Gasteiger partial charge on any atom is -0.350 e. The van der Waals surface area contributed by atoms with Gasteiger partial charge in [0.25, 0.3) is 0 Å². The molecule has 0 unspecified atom stereocenters. The number of nitrogens with one attached hydrogen (secondary N) is 2. The number of hydrogen-bond donors (Lipinski definition) is 2. The van der Waals surface area contributed by atoms with Gasteiger partial charge >= 0.3 is 6.03 Å². The molecule has 2 aromatic carbocycles. The summed E-state index contributed by atoms with van der Waals surface area (Å²) in [5, 5.41) is 5.78. The molecule has 1 aromatic heterocycles. The fourth-order valence-electron chi connectivity index (χ4n) is 3.50. The van der Waals surface area contributed by atoms with E-state index < -0.39 is 0 Å². The van der Waals surface area contributed by atoms with Crippen LogP contribution in [-0.2, 0) is 11.3 Å². The first kappa shape index (κ1) is 18.0. The largest absolute Gasteiger partial charge is 0.350 e. The molecule has 4 rings (SSSR count). The van der Waals surface area contributed by atoms with Crippen LogP contribution >= 0.6 is 0 Å². The number of para-hydroxylation sites is 2. The Morgan fingerprint density at radius 2 is 1.82 bits per heavy atom. The number of carbonyl (C=O) groups is 2. The average molecular weight is 377 g/mol. The monoisotopic (exact) mass is 377 g/mol. The van der Waals surface area contributed by atoms with Crippen LogP contribution in [0.3, 0.4) is 0 Å². The fourth-order valence-corrected chi connectivity index (χ4v) is 3.50. The second kappa shape index (κ2) is 7.72. The summed E-state index contributed by atoms with van der Waals surface area (Å²) in [4.78, 5) is 30.9. The van der Waals surface area contributed by atoms with Crippen molar-refractivity contribution >= 4 is 28.9 Å². The molecule has 3 amide bonds. The van der Waals surface area contributed by atoms with Crippen LogP contribution in [-0.4, -0.2) is 34.6 Å². The molecule has 144 valence electrons. The Morgan fingerprint density at radius 1 is 1.07 bits per heavy atom. The number of fused-ring (bicyclic) bond motifs is 3. The topological polar surface area (TPSA) is 79.3 Å². The summed E-state index contributed by atoms with van der Waals surface area (Å²) in [7, 11) is 0. The number of urea groups is 1. The summed E-state index contributed by atoms with van der Waals surface area (Å²) in [6.45, 7) is 3.53. The molecule has 0 spiro atoms. The van der Waals surface area contributed by atoms with Crippen molar-refractivity contribution in [2.45, 2.75) is 25.9 Å². The van der Waals surface area contributed by atoms with Gasteiger partial charge in [0.15, 0.2) is 0 Å². The van der Waals surface area contributed by atoms with Gasteiger partial charge in [0, 0.05) is 26.1 Å². The number of carbonyl (C=O) groups excluding carboxylic acids is 2. The van der Waals surface area contributed by atoms with Crippen molar-refractivity contribution in [1.82, 2.24) is 20.2 Å². The first-order chi connectivity index (χ1) is 13.6. The van der Waals surface area contributed by atoms with Crippen molar-refractivity contribution in [2.75, 3.05) is 18.0 Å². The maximum atomic E-state index is 12.5. The molecule has 3 aromatic rings. The fraction of sp³-hybridized carbons (Fsp3) is 0.286. The predicted molar refractivity (Wildman–Crippen MR) is 108 cm³/mol. The summed E-state index contributed by atoms with van der Waals surface area (Å²) < 4.78 is 2.04. The predicted octanol–water partition coefficient (Wildman–Crippen LogP) is 2.83. The van der Waals surface area contributed by atoms with Crippen LogP contribution in [0.15, 0.2) is 54.6 Å². The van der Waals surface area contributed by atoms with Gasteiger partial charge in [0.1, 0.15) is 0 Å². The van der Waals surface area contributed by atoms with Crippen LogP contribution in [0.5, 0.6) is 0 Å². The van der Waals surface area contributed by atoms with Crippen LogP contribution in [0.1, 0.15) is 24.9 Å². The number of rotatable bonds is 5. The van der Waals surface area contributed by atoms with Crippen molar-refractivity contribution in [3.63, 3.8) is 0 Å². The molecule has 2 N–H and O–H groups in total. The molecule has 1 atom stereocenters. The Labute approximate surface area is 163 Å². The lowest BCUT2D eigenvalue weighted by Gasteiger charge is -2.16. The highest BCUT2D eigenvalue weighted by Crippen LogP contribution is 2.26. The van der Waals surface area contributed by atoms with E-state index in [2.05, 4.69) is 15.6 Å². The van der Waals surface area contributed by atoms with E-state index in [0.717, 1.165) is 23.1 Å². The molecule has 28 heavy (non-hydrogen) atoms. The van der Waals surface area contributed by atoms with E-state index in [1.807, 2.05) is 66.1 Å². The van der Waals surface area contributed by atoms with Crippen molar-refractivity contribution < 1.29 is 9.59 Å². The van der Waals surface area contributed by atoms with Gasteiger partial charge in [-0.15, -0.1) is 0 Å². The highest BCUT2D eigenvalue weighted by atomic mass is 16.2. The van der Waals surface area contributed by atoms with Gasteiger partial charge in [-0.1, -0.05) is 42.5 Å².